The minimum absolute atomic E-state index is 0.193. The van der Waals surface area contributed by atoms with E-state index in [2.05, 4.69) is 0 Å². The lowest BCUT2D eigenvalue weighted by Gasteiger charge is -2.12. The molecular formula is C9H11NO3. The third kappa shape index (κ3) is 1.95. The number of imide groups is 1. The van der Waals surface area contributed by atoms with E-state index in [0.29, 0.717) is 12.6 Å². The van der Waals surface area contributed by atoms with E-state index < -0.39 is 0 Å². The fourth-order valence-corrected chi connectivity index (χ4v) is 1.36. The van der Waals surface area contributed by atoms with E-state index in [-0.39, 0.29) is 11.8 Å². The van der Waals surface area contributed by atoms with Gasteiger partial charge in [0.1, 0.15) is 0 Å². The first-order valence-corrected chi connectivity index (χ1v) is 4.42. The Morgan fingerprint density at radius 3 is 2.54 bits per heavy atom. The van der Waals surface area contributed by atoms with Gasteiger partial charge in [-0.25, -0.2) is 0 Å². The molecule has 70 valence electrons. The molecule has 1 unspecified atom stereocenters. The average molecular weight is 181 g/mol. The van der Waals surface area contributed by atoms with Gasteiger partial charge in [0.25, 0.3) is 11.8 Å². The van der Waals surface area contributed by atoms with Crippen molar-refractivity contribution in [3.63, 3.8) is 0 Å². The van der Waals surface area contributed by atoms with Crippen LogP contribution < -0.4 is 0 Å². The van der Waals surface area contributed by atoms with Gasteiger partial charge in [0.15, 0.2) is 0 Å². The predicted octanol–water partition coefficient (Wildman–Crippen LogP) is 0.0904. The standard InChI is InChI=1S/C9H11NO3/c11-8-3-4-9(12)10(8)5-1-2-7-6-13-7/h3-4,7H,1-2,5-6H2. The first-order chi connectivity index (χ1) is 6.27. The summed E-state index contributed by atoms with van der Waals surface area (Å²) in [4.78, 5) is 23.4. The van der Waals surface area contributed by atoms with Gasteiger partial charge in [-0.05, 0) is 12.8 Å². The Morgan fingerprint density at radius 2 is 2.00 bits per heavy atom. The van der Waals surface area contributed by atoms with Crippen molar-refractivity contribution in [3.8, 4) is 0 Å². The molecule has 1 atom stereocenters. The number of epoxide rings is 1. The van der Waals surface area contributed by atoms with Crippen LogP contribution in [-0.4, -0.2) is 36.0 Å². The summed E-state index contributed by atoms with van der Waals surface area (Å²) in [5.41, 5.74) is 0. The Bertz CT molecular complexity index is 250. The predicted molar refractivity (Wildman–Crippen MR) is 44.8 cm³/mol. The fourth-order valence-electron chi connectivity index (χ4n) is 1.36. The number of hydrogen-bond acceptors (Lipinski definition) is 3. The summed E-state index contributed by atoms with van der Waals surface area (Å²) in [5.74, 6) is -0.386. The van der Waals surface area contributed by atoms with Gasteiger partial charge in [-0.15, -0.1) is 0 Å². The molecule has 4 heteroatoms. The van der Waals surface area contributed by atoms with Crippen LogP contribution in [0.3, 0.4) is 0 Å². The van der Waals surface area contributed by atoms with E-state index in [9.17, 15) is 9.59 Å². The lowest BCUT2D eigenvalue weighted by atomic mass is 10.2. The molecule has 2 aliphatic rings. The maximum absolute atomic E-state index is 11.1. The summed E-state index contributed by atoms with van der Waals surface area (Å²) in [7, 11) is 0. The zero-order chi connectivity index (χ0) is 9.26. The van der Waals surface area contributed by atoms with Gasteiger partial charge in [-0.1, -0.05) is 0 Å². The number of carbonyl (C=O) groups excluding carboxylic acids is 2. The Hall–Kier alpha value is -1.16. The molecule has 0 aromatic heterocycles. The van der Waals surface area contributed by atoms with Crippen molar-refractivity contribution in [2.45, 2.75) is 18.9 Å². The van der Waals surface area contributed by atoms with Crippen LogP contribution in [0.4, 0.5) is 0 Å². The smallest absolute Gasteiger partial charge is 0.253 e. The number of rotatable bonds is 4. The maximum atomic E-state index is 11.1. The fraction of sp³-hybridized carbons (Fsp3) is 0.556. The molecular weight excluding hydrogens is 170 g/mol. The Kier molecular flexibility index (Phi) is 2.14. The van der Waals surface area contributed by atoms with E-state index in [1.165, 1.54) is 17.1 Å². The number of nitrogens with zero attached hydrogens (tertiary/aromatic N) is 1. The number of ether oxygens (including phenoxy) is 1. The molecule has 2 heterocycles. The first-order valence-electron chi connectivity index (χ1n) is 4.42. The van der Waals surface area contributed by atoms with Gasteiger partial charge in [-0.3, -0.25) is 14.5 Å². The Balaban J connectivity index is 1.73. The molecule has 0 aliphatic carbocycles. The SMILES string of the molecule is O=C1C=CC(=O)N1CCCC1CO1. The van der Waals surface area contributed by atoms with E-state index in [1.54, 1.807) is 0 Å². The highest BCUT2D eigenvalue weighted by Crippen LogP contribution is 2.16. The van der Waals surface area contributed by atoms with Gasteiger partial charge < -0.3 is 4.74 Å². The molecule has 0 saturated carbocycles. The van der Waals surface area contributed by atoms with Gasteiger partial charge in [0.05, 0.1) is 12.7 Å². The monoisotopic (exact) mass is 181 g/mol. The largest absolute Gasteiger partial charge is 0.373 e. The molecule has 0 radical (unpaired) electrons. The third-order valence-corrected chi connectivity index (χ3v) is 2.21. The molecule has 0 spiro atoms. The van der Waals surface area contributed by atoms with Crippen molar-refractivity contribution in [1.29, 1.82) is 0 Å². The summed E-state index contributed by atoms with van der Waals surface area (Å²) >= 11 is 0. The van der Waals surface area contributed by atoms with Gasteiger partial charge in [-0.2, -0.15) is 0 Å². The van der Waals surface area contributed by atoms with Crippen LogP contribution in [0.15, 0.2) is 12.2 Å². The van der Waals surface area contributed by atoms with Crippen LogP contribution in [0.1, 0.15) is 12.8 Å². The van der Waals surface area contributed by atoms with Crippen LogP contribution in [0.5, 0.6) is 0 Å². The zero-order valence-corrected chi connectivity index (χ0v) is 7.23. The lowest BCUT2D eigenvalue weighted by Crippen LogP contribution is -2.30. The highest BCUT2D eigenvalue weighted by Gasteiger charge is 2.25. The molecule has 0 bridgehead atoms. The Morgan fingerprint density at radius 1 is 1.38 bits per heavy atom. The van der Waals surface area contributed by atoms with Crippen molar-refractivity contribution in [2.24, 2.45) is 0 Å². The van der Waals surface area contributed by atoms with Crippen LogP contribution in [0, 0.1) is 0 Å². The van der Waals surface area contributed by atoms with Crippen LogP contribution in [0.2, 0.25) is 0 Å². The lowest BCUT2D eigenvalue weighted by molar-refractivity contribution is -0.136. The summed E-state index contributed by atoms with van der Waals surface area (Å²) in [6, 6.07) is 0. The Labute approximate surface area is 76.2 Å². The minimum Gasteiger partial charge on any atom is -0.373 e. The van der Waals surface area contributed by atoms with Crippen molar-refractivity contribution in [3.05, 3.63) is 12.2 Å². The topological polar surface area (TPSA) is 49.9 Å². The second-order valence-electron chi connectivity index (χ2n) is 3.26. The van der Waals surface area contributed by atoms with Crippen LogP contribution in [-0.2, 0) is 14.3 Å². The molecule has 4 nitrogen and oxygen atoms in total. The summed E-state index contributed by atoms with van der Waals surface area (Å²) in [6.45, 7) is 1.35. The minimum atomic E-state index is -0.193. The second-order valence-corrected chi connectivity index (χ2v) is 3.26. The number of carbonyl (C=O) groups is 2. The average Bonchev–Trinajstić information content (AvgIpc) is 2.86. The highest BCUT2D eigenvalue weighted by molar-refractivity contribution is 6.12. The summed E-state index contributed by atoms with van der Waals surface area (Å²) in [5, 5.41) is 0. The van der Waals surface area contributed by atoms with Crippen LogP contribution >= 0.6 is 0 Å². The zero-order valence-electron chi connectivity index (χ0n) is 7.23. The van der Waals surface area contributed by atoms with Gasteiger partial charge in [0.2, 0.25) is 0 Å². The summed E-state index contributed by atoms with van der Waals surface area (Å²) in [6.07, 6.45) is 4.79. The molecule has 0 N–H and O–H groups in total. The highest BCUT2D eigenvalue weighted by atomic mass is 16.6. The maximum Gasteiger partial charge on any atom is 0.253 e. The molecule has 2 aliphatic heterocycles. The molecule has 13 heavy (non-hydrogen) atoms. The van der Waals surface area contributed by atoms with Gasteiger partial charge in [0, 0.05) is 18.7 Å². The third-order valence-electron chi connectivity index (χ3n) is 2.21. The van der Waals surface area contributed by atoms with Crippen molar-refractivity contribution < 1.29 is 14.3 Å². The van der Waals surface area contributed by atoms with Gasteiger partial charge >= 0.3 is 0 Å². The molecule has 0 aromatic rings. The molecule has 2 amide bonds. The number of hydrogen-bond donors (Lipinski definition) is 0. The second kappa shape index (κ2) is 3.30. The van der Waals surface area contributed by atoms with Crippen LogP contribution in [0.25, 0.3) is 0 Å². The molecule has 0 aromatic carbocycles. The van der Waals surface area contributed by atoms with Crippen molar-refractivity contribution in [1.82, 2.24) is 4.90 Å². The van der Waals surface area contributed by atoms with E-state index in [1.807, 2.05) is 0 Å². The van der Waals surface area contributed by atoms with Crippen molar-refractivity contribution in [2.75, 3.05) is 13.2 Å². The molecule has 2 rings (SSSR count). The van der Waals surface area contributed by atoms with Crippen molar-refractivity contribution >= 4 is 11.8 Å². The molecule has 1 fully saturated rings. The van der Waals surface area contributed by atoms with E-state index in [0.717, 1.165) is 19.4 Å². The quantitative estimate of drug-likeness (QED) is 0.456. The normalized spacial score (nSPS) is 25.8. The summed E-state index contributed by atoms with van der Waals surface area (Å²) < 4.78 is 5.02. The van der Waals surface area contributed by atoms with E-state index in [4.69, 9.17) is 4.74 Å². The first kappa shape index (κ1) is 8.44. The number of amides is 2. The van der Waals surface area contributed by atoms with E-state index >= 15 is 0 Å². The molecule has 1 saturated heterocycles.